The highest BCUT2D eigenvalue weighted by Gasteiger charge is 2.26. The SMILES string of the molecule is Cc1cc(CNC(=O)COCCN2CCN(C(c3ccccc3)c3ccc(Cl)cc3)CC2)on1. The quantitative estimate of drug-likeness (QED) is 0.444. The second-order valence-electron chi connectivity index (χ2n) is 8.51. The molecule has 7 nitrogen and oxygen atoms in total. The highest BCUT2D eigenvalue weighted by molar-refractivity contribution is 6.30. The third-order valence-electron chi connectivity index (χ3n) is 5.99. The molecule has 0 radical (unpaired) electrons. The van der Waals surface area contributed by atoms with Crippen molar-refractivity contribution < 1.29 is 14.1 Å². The summed E-state index contributed by atoms with van der Waals surface area (Å²) in [7, 11) is 0. The van der Waals surface area contributed by atoms with E-state index in [1.165, 1.54) is 11.1 Å². The molecule has 0 saturated carbocycles. The molecule has 34 heavy (non-hydrogen) atoms. The second kappa shape index (κ2) is 12.1. The summed E-state index contributed by atoms with van der Waals surface area (Å²) in [6.07, 6.45) is 0. The van der Waals surface area contributed by atoms with Crippen LogP contribution in [0.15, 0.2) is 65.2 Å². The number of piperazine rings is 1. The Hall–Kier alpha value is -2.71. The van der Waals surface area contributed by atoms with Gasteiger partial charge in [-0.3, -0.25) is 14.6 Å². The Labute approximate surface area is 205 Å². The van der Waals surface area contributed by atoms with E-state index >= 15 is 0 Å². The molecule has 4 rings (SSSR count). The van der Waals surface area contributed by atoms with E-state index in [-0.39, 0.29) is 18.6 Å². The Bertz CT molecular complexity index is 1030. The van der Waals surface area contributed by atoms with E-state index in [9.17, 15) is 4.79 Å². The van der Waals surface area contributed by atoms with Crippen molar-refractivity contribution in [1.82, 2.24) is 20.3 Å². The van der Waals surface area contributed by atoms with Gasteiger partial charge in [-0.2, -0.15) is 0 Å². The van der Waals surface area contributed by atoms with Gasteiger partial charge < -0.3 is 14.6 Å². The summed E-state index contributed by atoms with van der Waals surface area (Å²) in [5.41, 5.74) is 3.33. The number of halogens is 1. The first-order valence-corrected chi connectivity index (χ1v) is 12.0. The zero-order valence-corrected chi connectivity index (χ0v) is 20.2. The van der Waals surface area contributed by atoms with E-state index in [0.29, 0.717) is 18.9 Å². The zero-order chi connectivity index (χ0) is 23.8. The molecule has 2 aromatic carbocycles. The Morgan fingerprint density at radius 2 is 1.79 bits per heavy atom. The fourth-order valence-corrected chi connectivity index (χ4v) is 4.36. The minimum absolute atomic E-state index is 0.0414. The topological polar surface area (TPSA) is 70.8 Å². The zero-order valence-electron chi connectivity index (χ0n) is 19.5. The van der Waals surface area contributed by atoms with E-state index in [4.69, 9.17) is 20.9 Å². The third kappa shape index (κ3) is 6.90. The first-order chi connectivity index (χ1) is 16.6. The van der Waals surface area contributed by atoms with Crippen LogP contribution in [0.5, 0.6) is 0 Å². The number of aryl methyl sites for hydroxylation is 1. The van der Waals surface area contributed by atoms with Crippen LogP contribution in [0.4, 0.5) is 0 Å². The number of carbonyl (C=O) groups excluding carboxylic acids is 1. The summed E-state index contributed by atoms with van der Waals surface area (Å²) in [6, 6.07) is 20.8. The van der Waals surface area contributed by atoms with Gasteiger partial charge in [0, 0.05) is 43.8 Å². The van der Waals surface area contributed by atoms with Gasteiger partial charge in [0.1, 0.15) is 6.61 Å². The van der Waals surface area contributed by atoms with Crippen molar-refractivity contribution in [2.75, 3.05) is 45.9 Å². The van der Waals surface area contributed by atoms with Crippen molar-refractivity contribution in [1.29, 1.82) is 0 Å². The van der Waals surface area contributed by atoms with Crippen molar-refractivity contribution in [2.45, 2.75) is 19.5 Å². The summed E-state index contributed by atoms with van der Waals surface area (Å²) < 4.78 is 10.7. The molecule has 1 amide bonds. The van der Waals surface area contributed by atoms with Crippen LogP contribution in [0.2, 0.25) is 5.02 Å². The highest BCUT2D eigenvalue weighted by atomic mass is 35.5. The Morgan fingerprint density at radius 3 is 2.47 bits per heavy atom. The van der Waals surface area contributed by atoms with Crippen LogP contribution < -0.4 is 5.32 Å². The van der Waals surface area contributed by atoms with Crippen LogP contribution in [0, 0.1) is 6.92 Å². The first-order valence-electron chi connectivity index (χ1n) is 11.6. The van der Waals surface area contributed by atoms with Crippen LogP contribution >= 0.6 is 11.6 Å². The lowest BCUT2D eigenvalue weighted by Crippen LogP contribution is -2.48. The standard InChI is InChI=1S/C26H31ClN4O3/c1-20-17-24(34-29-20)18-28-25(32)19-33-16-15-30-11-13-31(14-12-30)26(21-5-3-2-4-6-21)22-7-9-23(27)10-8-22/h2-10,17,26H,11-16,18-19H2,1H3,(H,28,32). The number of carbonyl (C=O) groups is 1. The normalized spacial score (nSPS) is 15.8. The first kappa shape index (κ1) is 24.4. The van der Waals surface area contributed by atoms with Gasteiger partial charge in [0.05, 0.1) is 24.9 Å². The fourth-order valence-electron chi connectivity index (χ4n) is 4.23. The number of benzene rings is 2. The second-order valence-corrected chi connectivity index (χ2v) is 8.94. The molecule has 1 saturated heterocycles. The Kier molecular flexibility index (Phi) is 8.71. The number of rotatable bonds is 10. The summed E-state index contributed by atoms with van der Waals surface area (Å²) in [6.45, 7) is 7.36. The van der Waals surface area contributed by atoms with E-state index in [1.807, 2.05) is 19.1 Å². The van der Waals surface area contributed by atoms with Crippen LogP contribution in [-0.2, 0) is 16.1 Å². The maximum Gasteiger partial charge on any atom is 0.246 e. The molecule has 0 bridgehead atoms. The van der Waals surface area contributed by atoms with Gasteiger partial charge in [0.25, 0.3) is 0 Å². The Morgan fingerprint density at radius 1 is 1.09 bits per heavy atom. The Balaban J connectivity index is 1.21. The number of nitrogens with one attached hydrogen (secondary N) is 1. The number of ether oxygens (including phenoxy) is 1. The maximum absolute atomic E-state index is 12.0. The van der Waals surface area contributed by atoms with Crippen molar-refractivity contribution in [3.8, 4) is 0 Å². The molecule has 3 aromatic rings. The lowest BCUT2D eigenvalue weighted by molar-refractivity contribution is -0.126. The molecule has 1 N–H and O–H groups in total. The van der Waals surface area contributed by atoms with Gasteiger partial charge in [-0.15, -0.1) is 0 Å². The minimum atomic E-state index is -0.160. The molecule has 1 aromatic heterocycles. The minimum Gasteiger partial charge on any atom is -0.370 e. The molecule has 1 aliphatic heterocycles. The van der Waals surface area contributed by atoms with Crippen molar-refractivity contribution >= 4 is 17.5 Å². The smallest absolute Gasteiger partial charge is 0.246 e. The summed E-state index contributed by atoms with van der Waals surface area (Å²) in [4.78, 5) is 16.9. The van der Waals surface area contributed by atoms with Gasteiger partial charge in [-0.1, -0.05) is 59.2 Å². The summed E-state index contributed by atoms with van der Waals surface area (Å²) >= 11 is 6.13. The van der Waals surface area contributed by atoms with Crippen molar-refractivity contribution in [2.24, 2.45) is 0 Å². The number of hydrogen-bond acceptors (Lipinski definition) is 6. The number of hydrogen-bond donors (Lipinski definition) is 1. The van der Waals surface area contributed by atoms with E-state index in [1.54, 1.807) is 6.07 Å². The number of aromatic nitrogens is 1. The van der Waals surface area contributed by atoms with Gasteiger partial charge in [0.2, 0.25) is 5.91 Å². The molecule has 1 unspecified atom stereocenters. The average molecular weight is 483 g/mol. The maximum atomic E-state index is 12.0. The van der Waals surface area contributed by atoms with Crippen LogP contribution in [0.25, 0.3) is 0 Å². The molecule has 1 fully saturated rings. The largest absolute Gasteiger partial charge is 0.370 e. The highest BCUT2D eigenvalue weighted by Crippen LogP contribution is 2.30. The van der Waals surface area contributed by atoms with E-state index in [0.717, 1.165) is 43.4 Å². The van der Waals surface area contributed by atoms with Crippen molar-refractivity contribution in [3.63, 3.8) is 0 Å². The predicted molar refractivity (Wildman–Crippen MR) is 132 cm³/mol. The molecule has 1 aliphatic rings. The van der Waals surface area contributed by atoms with E-state index < -0.39 is 0 Å². The third-order valence-corrected chi connectivity index (χ3v) is 6.25. The molecule has 0 spiro atoms. The van der Waals surface area contributed by atoms with E-state index in [2.05, 4.69) is 62.7 Å². The summed E-state index contributed by atoms with van der Waals surface area (Å²) in [5, 5.41) is 7.33. The van der Waals surface area contributed by atoms with Gasteiger partial charge in [-0.25, -0.2) is 0 Å². The summed E-state index contributed by atoms with van der Waals surface area (Å²) in [5.74, 6) is 0.476. The molecule has 1 atom stereocenters. The van der Waals surface area contributed by atoms with Gasteiger partial charge >= 0.3 is 0 Å². The lowest BCUT2D eigenvalue weighted by Gasteiger charge is -2.39. The average Bonchev–Trinajstić information content (AvgIpc) is 3.28. The number of nitrogens with zero attached hydrogens (tertiary/aromatic N) is 3. The molecule has 180 valence electrons. The molecule has 8 heteroatoms. The lowest BCUT2D eigenvalue weighted by atomic mass is 9.96. The monoisotopic (exact) mass is 482 g/mol. The molecule has 0 aliphatic carbocycles. The predicted octanol–water partition coefficient (Wildman–Crippen LogP) is 3.68. The van der Waals surface area contributed by atoms with Gasteiger partial charge in [0.15, 0.2) is 5.76 Å². The van der Waals surface area contributed by atoms with Crippen LogP contribution in [0.3, 0.4) is 0 Å². The van der Waals surface area contributed by atoms with Crippen LogP contribution in [0.1, 0.15) is 28.6 Å². The van der Waals surface area contributed by atoms with Crippen molar-refractivity contribution in [3.05, 3.63) is 88.3 Å². The number of amides is 1. The molecule has 2 heterocycles. The van der Waals surface area contributed by atoms with Crippen LogP contribution in [-0.4, -0.2) is 66.8 Å². The van der Waals surface area contributed by atoms with Gasteiger partial charge in [-0.05, 0) is 30.2 Å². The molecular weight excluding hydrogens is 452 g/mol. The fraction of sp³-hybridized carbons (Fsp3) is 0.385. The molecular formula is C26H31ClN4O3.